The van der Waals surface area contributed by atoms with Crippen LogP contribution < -0.4 is 4.74 Å². The Labute approximate surface area is 196 Å². The summed E-state index contributed by atoms with van der Waals surface area (Å²) >= 11 is 0. The summed E-state index contributed by atoms with van der Waals surface area (Å²) in [6, 6.07) is 16.2. The predicted molar refractivity (Wildman–Crippen MR) is 128 cm³/mol. The van der Waals surface area contributed by atoms with Gasteiger partial charge in [-0.15, -0.1) is 0 Å². The first-order valence-electron chi connectivity index (χ1n) is 11.8. The van der Waals surface area contributed by atoms with Crippen molar-refractivity contribution in [3.8, 4) is 16.9 Å². The number of hydrogen-bond acceptors (Lipinski definition) is 4. The highest BCUT2D eigenvalue weighted by molar-refractivity contribution is 5.95. The Morgan fingerprint density at radius 3 is 1.85 bits per heavy atom. The molecular weight excluding hydrogens is 416 g/mol. The van der Waals surface area contributed by atoms with Gasteiger partial charge in [0.2, 0.25) is 0 Å². The minimum atomic E-state index is -0.498. The van der Waals surface area contributed by atoms with Gasteiger partial charge in [0.1, 0.15) is 11.4 Å². The largest absolute Gasteiger partial charge is 0.497 e. The van der Waals surface area contributed by atoms with Gasteiger partial charge in [-0.25, -0.2) is 4.79 Å². The predicted octanol–water partition coefficient (Wildman–Crippen LogP) is 5.37. The molecule has 1 aliphatic heterocycles. The van der Waals surface area contributed by atoms with Crippen LogP contribution in [-0.4, -0.2) is 59.7 Å². The van der Waals surface area contributed by atoms with E-state index in [1.165, 1.54) is 0 Å². The van der Waals surface area contributed by atoms with Crippen LogP contribution in [0.25, 0.3) is 11.1 Å². The van der Waals surface area contributed by atoms with Crippen LogP contribution in [0.2, 0.25) is 0 Å². The number of carbonyl (C=O) groups excluding carboxylic acids is 2. The van der Waals surface area contributed by atoms with Gasteiger partial charge in [-0.05, 0) is 81.8 Å². The zero-order chi connectivity index (χ0) is 23.6. The van der Waals surface area contributed by atoms with Crippen LogP contribution in [0.5, 0.6) is 5.75 Å². The van der Waals surface area contributed by atoms with Crippen LogP contribution >= 0.6 is 0 Å². The van der Waals surface area contributed by atoms with E-state index >= 15 is 0 Å². The number of likely N-dealkylation sites (tertiary alicyclic amines) is 1. The van der Waals surface area contributed by atoms with Crippen molar-refractivity contribution in [2.24, 2.45) is 0 Å². The zero-order valence-corrected chi connectivity index (χ0v) is 20.0. The molecule has 0 atom stereocenters. The van der Waals surface area contributed by atoms with E-state index < -0.39 is 5.60 Å². The Kier molecular flexibility index (Phi) is 6.63. The monoisotopic (exact) mass is 450 g/mol. The lowest BCUT2D eigenvalue weighted by atomic mass is 10.00. The minimum Gasteiger partial charge on any atom is -0.497 e. The number of nitrogens with zero attached hydrogens (tertiary/aromatic N) is 2. The van der Waals surface area contributed by atoms with E-state index in [1.54, 1.807) is 12.0 Å². The molecule has 0 spiro atoms. The summed E-state index contributed by atoms with van der Waals surface area (Å²) in [6.07, 6.45) is 3.42. The number of benzene rings is 2. The van der Waals surface area contributed by atoms with Gasteiger partial charge in [0.05, 0.1) is 7.11 Å². The second-order valence-electron chi connectivity index (χ2n) is 9.95. The lowest BCUT2D eigenvalue weighted by Crippen LogP contribution is -2.50. The third-order valence-corrected chi connectivity index (χ3v) is 6.24. The third-order valence-electron chi connectivity index (χ3n) is 6.24. The van der Waals surface area contributed by atoms with Gasteiger partial charge in [0.25, 0.3) is 5.91 Å². The van der Waals surface area contributed by atoms with E-state index in [0.29, 0.717) is 24.7 Å². The molecule has 1 saturated heterocycles. The maximum atomic E-state index is 13.5. The Morgan fingerprint density at radius 2 is 1.36 bits per heavy atom. The van der Waals surface area contributed by atoms with Gasteiger partial charge >= 0.3 is 6.09 Å². The molecule has 2 aromatic rings. The second-order valence-corrected chi connectivity index (χ2v) is 9.95. The number of ether oxygens (including phenoxy) is 2. The number of hydrogen-bond donors (Lipinski definition) is 0. The molecule has 1 saturated carbocycles. The summed E-state index contributed by atoms with van der Waals surface area (Å²) in [6.45, 7) is 6.88. The first kappa shape index (κ1) is 23.1. The van der Waals surface area contributed by atoms with Gasteiger partial charge in [-0.3, -0.25) is 4.79 Å². The SMILES string of the molecule is COc1ccc(-c2ccc(C(=O)N(C3CC3)C3CCN(C(=O)OC(C)(C)C)CC3)cc2)cc1. The highest BCUT2D eigenvalue weighted by Crippen LogP contribution is 2.34. The van der Waals surface area contributed by atoms with E-state index in [4.69, 9.17) is 9.47 Å². The molecule has 1 heterocycles. The van der Waals surface area contributed by atoms with Crippen molar-refractivity contribution < 1.29 is 19.1 Å². The molecule has 2 aliphatic rings. The minimum absolute atomic E-state index is 0.0921. The topological polar surface area (TPSA) is 59.1 Å². The fourth-order valence-corrected chi connectivity index (χ4v) is 4.37. The number of carbonyl (C=O) groups is 2. The molecule has 0 bridgehead atoms. The Morgan fingerprint density at radius 1 is 0.848 bits per heavy atom. The first-order chi connectivity index (χ1) is 15.7. The second kappa shape index (κ2) is 9.46. The maximum absolute atomic E-state index is 13.5. The molecule has 6 heteroatoms. The van der Waals surface area contributed by atoms with Crippen LogP contribution in [0.4, 0.5) is 4.79 Å². The van der Waals surface area contributed by atoms with Crippen molar-refractivity contribution in [2.75, 3.05) is 20.2 Å². The molecule has 0 radical (unpaired) electrons. The standard InChI is InChI=1S/C27H34N2O4/c1-27(2,3)33-26(31)28-17-15-23(16-18-28)29(22-11-12-22)25(30)21-7-5-19(6-8-21)20-9-13-24(32-4)14-10-20/h5-10,13-14,22-23H,11-12,15-18H2,1-4H3. The lowest BCUT2D eigenvalue weighted by molar-refractivity contribution is 0.0142. The number of rotatable bonds is 5. The van der Waals surface area contributed by atoms with Gasteiger partial charge in [0.15, 0.2) is 0 Å². The summed E-state index contributed by atoms with van der Waals surface area (Å²) < 4.78 is 10.7. The Hall–Kier alpha value is -3.02. The molecule has 2 aromatic carbocycles. The highest BCUT2D eigenvalue weighted by Gasteiger charge is 2.39. The summed E-state index contributed by atoms with van der Waals surface area (Å²) in [5, 5.41) is 0. The summed E-state index contributed by atoms with van der Waals surface area (Å²) in [7, 11) is 1.66. The van der Waals surface area contributed by atoms with Crippen molar-refractivity contribution in [2.45, 2.75) is 64.1 Å². The Bertz CT molecular complexity index is 967. The normalized spacial score (nSPS) is 16.9. The van der Waals surface area contributed by atoms with E-state index in [9.17, 15) is 9.59 Å². The van der Waals surface area contributed by atoms with Crippen LogP contribution in [0.15, 0.2) is 48.5 Å². The smallest absolute Gasteiger partial charge is 0.410 e. The number of methoxy groups -OCH3 is 1. The van der Waals surface area contributed by atoms with Crippen LogP contribution in [0, 0.1) is 0 Å². The van der Waals surface area contributed by atoms with E-state index in [2.05, 4.69) is 4.90 Å². The maximum Gasteiger partial charge on any atom is 0.410 e. The third kappa shape index (κ3) is 5.67. The number of amides is 2. The molecule has 0 unspecified atom stereocenters. The molecule has 4 rings (SSSR count). The van der Waals surface area contributed by atoms with Crippen LogP contribution in [0.3, 0.4) is 0 Å². The molecule has 2 fully saturated rings. The van der Waals surface area contributed by atoms with Crippen molar-refractivity contribution in [3.63, 3.8) is 0 Å². The fraction of sp³-hybridized carbons (Fsp3) is 0.481. The average molecular weight is 451 g/mol. The lowest BCUT2D eigenvalue weighted by Gasteiger charge is -2.39. The summed E-state index contributed by atoms with van der Waals surface area (Å²) in [4.78, 5) is 29.7. The van der Waals surface area contributed by atoms with E-state index in [-0.39, 0.29) is 18.0 Å². The molecular formula is C27H34N2O4. The van der Waals surface area contributed by atoms with Gasteiger partial charge in [0, 0.05) is 30.7 Å². The molecule has 0 N–H and O–H groups in total. The summed E-state index contributed by atoms with van der Waals surface area (Å²) in [5.41, 5.74) is 2.37. The molecule has 0 aromatic heterocycles. The molecule has 33 heavy (non-hydrogen) atoms. The van der Waals surface area contributed by atoms with E-state index in [0.717, 1.165) is 42.6 Å². The van der Waals surface area contributed by atoms with Crippen molar-refractivity contribution in [1.29, 1.82) is 0 Å². The van der Waals surface area contributed by atoms with E-state index in [1.807, 2.05) is 69.3 Å². The molecule has 2 amide bonds. The van der Waals surface area contributed by atoms with Gasteiger partial charge in [-0.1, -0.05) is 24.3 Å². The summed E-state index contributed by atoms with van der Waals surface area (Å²) in [5.74, 6) is 0.915. The molecule has 1 aliphatic carbocycles. The average Bonchev–Trinajstić information content (AvgIpc) is 3.64. The highest BCUT2D eigenvalue weighted by atomic mass is 16.6. The van der Waals surface area contributed by atoms with Crippen LogP contribution in [-0.2, 0) is 4.74 Å². The van der Waals surface area contributed by atoms with Gasteiger partial charge in [-0.2, -0.15) is 0 Å². The van der Waals surface area contributed by atoms with Crippen molar-refractivity contribution in [1.82, 2.24) is 9.80 Å². The molecule has 176 valence electrons. The number of piperidine rings is 1. The van der Waals surface area contributed by atoms with Crippen LogP contribution in [0.1, 0.15) is 56.8 Å². The zero-order valence-electron chi connectivity index (χ0n) is 20.0. The van der Waals surface area contributed by atoms with Crippen molar-refractivity contribution in [3.05, 3.63) is 54.1 Å². The quantitative estimate of drug-likeness (QED) is 0.615. The van der Waals surface area contributed by atoms with Gasteiger partial charge < -0.3 is 19.3 Å². The Balaban J connectivity index is 1.41. The fourth-order valence-electron chi connectivity index (χ4n) is 4.37. The van der Waals surface area contributed by atoms with Crippen molar-refractivity contribution >= 4 is 12.0 Å². The first-order valence-corrected chi connectivity index (χ1v) is 11.8. The molecule has 6 nitrogen and oxygen atoms in total.